The van der Waals surface area contributed by atoms with Gasteiger partial charge in [0.15, 0.2) is 0 Å². The fourth-order valence-electron chi connectivity index (χ4n) is 2.09. The molecule has 2 rings (SSSR count). The largest absolute Gasteiger partial charge is 0.399 e. The smallest absolute Gasteiger partial charge is 0.372 e. The number of halogens is 3. The lowest BCUT2D eigenvalue weighted by molar-refractivity contribution is -0.0881. The Morgan fingerprint density at radius 2 is 1.64 bits per heavy atom. The monoisotopic (exact) mass is 452 g/mol. The number of benzene rings is 2. The van der Waals surface area contributed by atoms with Crippen molar-refractivity contribution in [2.45, 2.75) is 24.3 Å². The summed E-state index contributed by atoms with van der Waals surface area (Å²) in [5, 5.41) is 0. The maximum atomic E-state index is 12.1. The predicted molar refractivity (Wildman–Crippen MR) is 96.6 cm³/mol. The molecule has 0 saturated heterocycles. The molecule has 0 heterocycles. The minimum atomic E-state index is -4.41. The third-order valence-electron chi connectivity index (χ3n) is 3.39. The zero-order valence-corrected chi connectivity index (χ0v) is 16.6. The quantitative estimate of drug-likeness (QED) is 0.326. The highest BCUT2D eigenvalue weighted by Gasteiger charge is 2.29. The first kappa shape index (κ1) is 20.6. The van der Waals surface area contributed by atoms with E-state index in [1.807, 2.05) is 30.5 Å². The van der Waals surface area contributed by atoms with E-state index < -0.39 is 13.8 Å². The van der Waals surface area contributed by atoms with Gasteiger partial charge in [0.1, 0.15) is 0 Å². The fraction of sp³-hybridized carbons (Fsp3) is 0.250. The van der Waals surface area contributed by atoms with Gasteiger partial charge in [-0.15, -0.1) is 21.2 Å². The van der Waals surface area contributed by atoms with Gasteiger partial charge < -0.3 is 4.74 Å². The highest BCUT2D eigenvalue weighted by molar-refractivity contribution is 9.10. The third-order valence-corrected chi connectivity index (χ3v) is 6.02. The first-order valence-electron chi connectivity index (χ1n) is 7.17. The SMILES string of the molecule is CSc1ccc(COCc2ccc(CP(=O)(OF)OF)c(Br)c2)cc1. The van der Waals surface area contributed by atoms with Crippen molar-refractivity contribution >= 4 is 35.3 Å². The van der Waals surface area contributed by atoms with Crippen LogP contribution in [0.3, 0.4) is 0 Å². The van der Waals surface area contributed by atoms with E-state index in [-0.39, 0.29) is 0 Å². The molecule has 4 nitrogen and oxygen atoms in total. The summed E-state index contributed by atoms with van der Waals surface area (Å²) in [5.74, 6) is 0. The van der Waals surface area contributed by atoms with E-state index in [1.54, 1.807) is 30.0 Å². The molecule has 2 aromatic carbocycles. The summed E-state index contributed by atoms with van der Waals surface area (Å²) in [7, 11) is -4.41. The topological polar surface area (TPSA) is 44.8 Å². The van der Waals surface area contributed by atoms with Crippen molar-refractivity contribution < 1.29 is 27.8 Å². The van der Waals surface area contributed by atoms with Crippen molar-refractivity contribution in [3.05, 3.63) is 63.6 Å². The molecule has 0 bridgehead atoms. The lowest BCUT2D eigenvalue weighted by atomic mass is 10.1. The molecule has 0 aromatic heterocycles. The van der Waals surface area contributed by atoms with Gasteiger partial charge in [-0.05, 0) is 50.2 Å². The van der Waals surface area contributed by atoms with Gasteiger partial charge in [-0.2, -0.15) is 0 Å². The van der Waals surface area contributed by atoms with Crippen LogP contribution in [0.15, 0.2) is 51.8 Å². The second-order valence-corrected chi connectivity index (χ2v) is 8.72. The molecule has 0 aliphatic rings. The van der Waals surface area contributed by atoms with Crippen LogP contribution in [0.5, 0.6) is 0 Å². The Morgan fingerprint density at radius 1 is 1.04 bits per heavy atom. The second-order valence-electron chi connectivity index (χ2n) is 5.17. The van der Waals surface area contributed by atoms with E-state index in [0.29, 0.717) is 23.2 Å². The van der Waals surface area contributed by atoms with E-state index in [9.17, 15) is 13.6 Å². The number of hydrogen-bond donors (Lipinski definition) is 0. The Hall–Kier alpha value is -0.760. The molecule has 0 spiro atoms. The summed E-state index contributed by atoms with van der Waals surface area (Å²) in [6.45, 7) is 0.828. The first-order chi connectivity index (χ1) is 12.0. The van der Waals surface area contributed by atoms with Crippen LogP contribution in [0.25, 0.3) is 0 Å². The fourth-order valence-corrected chi connectivity index (χ4v) is 4.09. The Bertz CT molecular complexity index is 737. The van der Waals surface area contributed by atoms with E-state index >= 15 is 0 Å². The Kier molecular flexibility index (Phi) is 8.06. The maximum Gasteiger partial charge on any atom is 0.399 e. The summed E-state index contributed by atoms with van der Waals surface area (Å²) in [4.78, 5) is 1.19. The zero-order valence-electron chi connectivity index (χ0n) is 13.3. The molecule has 0 N–H and O–H groups in total. The molecule has 0 amide bonds. The Balaban J connectivity index is 1.92. The molecule has 2 aromatic rings. The highest BCUT2D eigenvalue weighted by atomic mass is 79.9. The average Bonchev–Trinajstić information content (AvgIpc) is 2.64. The molecule has 0 aliphatic carbocycles. The molecular weight excluding hydrogens is 437 g/mol. The van der Waals surface area contributed by atoms with Gasteiger partial charge in [-0.25, -0.2) is 0 Å². The van der Waals surface area contributed by atoms with E-state index in [0.717, 1.165) is 11.1 Å². The van der Waals surface area contributed by atoms with E-state index in [4.69, 9.17) is 4.74 Å². The molecule has 0 atom stereocenters. The molecular formula is C16H16BrF2O4PS. The van der Waals surface area contributed by atoms with Crippen molar-refractivity contribution in [3.63, 3.8) is 0 Å². The van der Waals surface area contributed by atoms with Crippen LogP contribution in [0.1, 0.15) is 16.7 Å². The lowest BCUT2D eigenvalue weighted by Gasteiger charge is -2.11. The molecule has 136 valence electrons. The van der Waals surface area contributed by atoms with Crippen molar-refractivity contribution in [2.75, 3.05) is 6.26 Å². The van der Waals surface area contributed by atoms with Crippen LogP contribution in [0, 0.1) is 0 Å². The van der Waals surface area contributed by atoms with Gasteiger partial charge in [-0.3, -0.25) is 4.57 Å². The van der Waals surface area contributed by atoms with Crippen molar-refractivity contribution in [1.82, 2.24) is 0 Å². The summed E-state index contributed by atoms with van der Waals surface area (Å²) >= 11 is 4.95. The van der Waals surface area contributed by atoms with Crippen LogP contribution < -0.4 is 0 Å². The molecule has 0 unspecified atom stereocenters. The van der Waals surface area contributed by atoms with Crippen molar-refractivity contribution in [2.24, 2.45) is 0 Å². The summed E-state index contributed by atoms with van der Waals surface area (Å²) in [6.07, 6.45) is 1.49. The van der Waals surface area contributed by atoms with Crippen LogP contribution >= 0.6 is 35.3 Å². The van der Waals surface area contributed by atoms with Crippen LogP contribution in [0.4, 0.5) is 9.05 Å². The molecule has 0 radical (unpaired) electrons. The lowest BCUT2D eigenvalue weighted by Crippen LogP contribution is -1.96. The highest BCUT2D eigenvalue weighted by Crippen LogP contribution is 2.52. The maximum absolute atomic E-state index is 12.1. The van der Waals surface area contributed by atoms with Gasteiger partial charge >= 0.3 is 7.60 Å². The minimum absolute atomic E-state index is 0.361. The third kappa shape index (κ3) is 6.16. The van der Waals surface area contributed by atoms with Gasteiger partial charge in [0.25, 0.3) is 0 Å². The van der Waals surface area contributed by atoms with E-state index in [1.165, 1.54) is 4.90 Å². The van der Waals surface area contributed by atoms with Gasteiger partial charge in [0.05, 0.1) is 19.4 Å². The van der Waals surface area contributed by atoms with Crippen LogP contribution in [-0.2, 0) is 38.1 Å². The zero-order chi connectivity index (χ0) is 18.3. The summed E-state index contributed by atoms with van der Waals surface area (Å²) in [5.41, 5.74) is 2.32. The standard InChI is InChI=1S/C16H16BrF2O4PS/c1-25-15-6-3-12(4-7-15)9-21-10-13-2-5-14(16(17)8-13)11-24(20,22-18)23-19/h2-8H,9-11H2,1H3. The summed E-state index contributed by atoms with van der Waals surface area (Å²) < 4.78 is 48.2. The van der Waals surface area contributed by atoms with Gasteiger partial charge in [-0.1, -0.05) is 40.2 Å². The summed E-state index contributed by atoms with van der Waals surface area (Å²) in [6, 6.07) is 13.1. The molecule has 0 fully saturated rings. The Labute approximate surface area is 157 Å². The first-order valence-corrected chi connectivity index (χ1v) is 10.9. The van der Waals surface area contributed by atoms with E-state index in [2.05, 4.69) is 25.4 Å². The van der Waals surface area contributed by atoms with Gasteiger partial charge in [0.2, 0.25) is 0 Å². The van der Waals surface area contributed by atoms with Crippen molar-refractivity contribution in [3.8, 4) is 0 Å². The second kappa shape index (κ2) is 9.80. The van der Waals surface area contributed by atoms with Crippen LogP contribution in [-0.4, -0.2) is 6.26 Å². The molecule has 25 heavy (non-hydrogen) atoms. The predicted octanol–water partition coefficient (Wildman–Crippen LogP) is 6.38. The normalized spacial score (nSPS) is 11.7. The average molecular weight is 453 g/mol. The number of ether oxygens (including phenoxy) is 1. The van der Waals surface area contributed by atoms with Crippen LogP contribution in [0.2, 0.25) is 0 Å². The molecule has 0 saturated carbocycles. The minimum Gasteiger partial charge on any atom is -0.372 e. The van der Waals surface area contributed by atoms with Crippen molar-refractivity contribution in [1.29, 1.82) is 0 Å². The molecule has 9 heteroatoms. The number of thioether (sulfide) groups is 1. The molecule has 0 aliphatic heterocycles. The number of rotatable bonds is 9. The van der Waals surface area contributed by atoms with Gasteiger partial charge in [0, 0.05) is 9.37 Å². The number of hydrogen-bond acceptors (Lipinski definition) is 5. The Morgan fingerprint density at radius 3 is 2.20 bits per heavy atom.